The minimum atomic E-state index is -4.25. The van der Waals surface area contributed by atoms with Crippen LogP contribution in [0.3, 0.4) is 0 Å². The Bertz CT molecular complexity index is 1090. The van der Waals surface area contributed by atoms with Crippen LogP contribution in [0.15, 0.2) is 47.4 Å². The van der Waals surface area contributed by atoms with E-state index in [0.717, 1.165) is 16.4 Å². The second kappa shape index (κ2) is 10.5. The fourth-order valence-corrected chi connectivity index (χ4v) is 5.38. The standard InChI is InChI=1S/C22H24F4N2O4S/c1-2-18(16-5-3-4-6-19(16)32-22(25)26)27-21(29)14-9-11-28(12-10-14)33(30,31)20-13-15(23)7-8-17(20)24/h3-8,13-14,18,22H,2,9-12H2,1H3,(H,27,29). The Morgan fingerprint density at radius 3 is 2.45 bits per heavy atom. The van der Waals surface area contributed by atoms with Crippen molar-refractivity contribution in [1.29, 1.82) is 0 Å². The zero-order chi connectivity index (χ0) is 24.2. The molecule has 1 saturated heterocycles. The third kappa shape index (κ3) is 5.83. The molecule has 1 atom stereocenters. The van der Waals surface area contributed by atoms with Crippen LogP contribution in [0.5, 0.6) is 5.75 Å². The van der Waals surface area contributed by atoms with Crippen molar-refractivity contribution in [3.8, 4) is 5.75 Å². The van der Waals surface area contributed by atoms with Crippen LogP contribution in [0.1, 0.15) is 37.8 Å². The number of rotatable bonds is 8. The molecule has 180 valence electrons. The summed E-state index contributed by atoms with van der Waals surface area (Å²) in [7, 11) is -4.25. The molecule has 33 heavy (non-hydrogen) atoms. The zero-order valence-corrected chi connectivity index (χ0v) is 18.6. The predicted molar refractivity (Wildman–Crippen MR) is 112 cm³/mol. The second-order valence-corrected chi connectivity index (χ2v) is 9.55. The number of piperidine rings is 1. The van der Waals surface area contributed by atoms with E-state index in [4.69, 9.17) is 0 Å². The fourth-order valence-electron chi connectivity index (χ4n) is 3.83. The van der Waals surface area contributed by atoms with Gasteiger partial charge in [-0.1, -0.05) is 25.1 Å². The van der Waals surface area contributed by atoms with Crippen LogP contribution < -0.4 is 10.1 Å². The molecule has 1 unspecified atom stereocenters. The first-order valence-corrected chi connectivity index (χ1v) is 11.9. The summed E-state index contributed by atoms with van der Waals surface area (Å²) in [4.78, 5) is 12.1. The average molecular weight is 489 g/mol. The van der Waals surface area contributed by atoms with E-state index in [1.54, 1.807) is 25.1 Å². The summed E-state index contributed by atoms with van der Waals surface area (Å²) >= 11 is 0. The Morgan fingerprint density at radius 1 is 1.15 bits per heavy atom. The molecule has 1 aliphatic heterocycles. The number of benzene rings is 2. The SMILES string of the molecule is CCC(NC(=O)C1CCN(S(=O)(=O)c2cc(F)ccc2F)CC1)c1ccccc1OC(F)F. The maximum atomic E-state index is 14.0. The maximum Gasteiger partial charge on any atom is 0.387 e. The monoisotopic (exact) mass is 488 g/mol. The van der Waals surface area contributed by atoms with E-state index < -0.39 is 45.1 Å². The molecule has 0 saturated carbocycles. The second-order valence-electron chi connectivity index (χ2n) is 7.64. The Labute approximate surface area is 189 Å². The molecule has 0 radical (unpaired) electrons. The van der Waals surface area contributed by atoms with Gasteiger partial charge in [-0.2, -0.15) is 13.1 Å². The van der Waals surface area contributed by atoms with E-state index in [-0.39, 0.29) is 37.6 Å². The number of para-hydroxylation sites is 1. The van der Waals surface area contributed by atoms with Gasteiger partial charge in [-0.3, -0.25) is 4.79 Å². The molecule has 1 aliphatic rings. The minimum Gasteiger partial charge on any atom is -0.434 e. The Kier molecular flexibility index (Phi) is 7.96. The number of ether oxygens (including phenoxy) is 1. The molecule has 11 heteroatoms. The van der Waals surface area contributed by atoms with Crippen LogP contribution in [0.4, 0.5) is 17.6 Å². The number of amides is 1. The minimum absolute atomic E-state index is 0.0299. The quantitative estimate of drug-likeness (QED) is 0.565. The van der Waals surface area contributed by atoms with E-state index in [1.165, 1.54) is 6.07 Å². The summed E-state index contributed by atoms with van der Waals surface area (Å²) in [5.41, 5.74) is 0.412. The lowest BCUT2D eigenvalue weighted by Crippen LogP contribution is -2.43. The van der Waals surface area contributed by atoms with Gasteiger partial charge in [0.2, 0.25) is 15.9 Å². The van der Waals surface area contributed by atoms with Crippen LogP contribution in [0.25, 0.3) is 0 Å². The van der Waals surface area contributed by atoms with Crippen LogP contribution in [-0.2, 0) is 14.8 Å². The number of sulfonamides is 1. The van der Waals surface area contributed by atoms with Gasteiger partial charge in [0.15, 0.2) is 0 Å². The van der Waals surface area contributed by atoms with E-state index >= 15 is 0 Å². The van der Waals surface area contributed by atoms with Crippen molar-refractivity contribution in [1.82, 2.24) is 9.62 Å². The Morgan fingerprint density at radius 2 is 1.82 bits per heavy atom. The lowest BCUT2D eigenvalue weighted by Gasteiger charge is -2.31. The third-order valence-corrected chi connectivity index (χ3v) is 7.48. The van der Waals surface area contributed by atoms with Gasteiger partial charge in [0.05, 0.1) is 6.04 Å². The largest absolute Gasteiger partial charge is 0.434 e. The molecule has 0 aromatic heterocycles. The van der Waals surface area contributed by atoms with Gasteiger partial charge in [0, 0.05) is 24.6 Å². The Hall–Kier alpha value is -2.66. The van der Waals surface area contributed by atoms with Gasteiger partial charge in [-0.15, -0.1) is 0 Å². The highest BCUT2D eigenvalue weighted by molar-refractivity contribution is 7.89. The van der Waals surface area contributed by atoms with Crippen molar-refractivity contribution < 1.29 is 35.5 Å². The normalized spacial score (nSPS) is 16.5. The smallest absolute Gasteiger partial charge is 0.387 e. The highest BCUT2D eigenvalue weighted by atomic mass is 32.2. The fraction of sp³-hybridized carbons (Fsp3) is 0.409. The number of carbonyl (C=O) groups excluding carboxylic acids is 1. The first-order chi connectivity index (χ1) is 15.6. The molecule has 6 nitrogen and oxygen atoms in total. The lowest BCUT2D eigenvalue weighted by molar-refractivity contribution is -0.126. The van der Waals surface area contributed by atoms with Crippen molar-refractivity contribution in [3.05, 3.63) is 59.7 Å². The molecule has 2 aromatic rings. The van der Waals surface area contributed by atoms with Crippen molar-refractivity contribution in [3.63, 3.8) is 0 Å². The zero-order valence-electron chi connectivity index (χ0n) is 17.8. The van der Waals surface area contributed by atoms with Gasteiger partial charge < -0.3 is 10.1 Å². The molecule has 1 heterocycles. The number of halogens is 4. The topological polar surface area (TPSA) is 75.7 Å². The summed E-state index contributed by atoms with van der Waals surface area (Å²) in [6.07, 6.45) is 0.767. The molecule has 3 rings (SSSR count). The molecule has 1 N–H and O–H groups in total. The number of hydrogen-bond acceptors (Lipinski definition) is 4. The molecule has 2 aromatic carbocycles. The molecule has 1 fully saturated rings. The van der Waals surface area contributed by atoms with Crippen LogP contribution in [0.2, 0.25) is 0 Å². The van der Waals surface area contributed by atoms with Gasteiger partial charge in [-0.25, -0.2) is 17.2 Å². The molecular weight excluding hydrogens is 464 g/mol. The third-order valence-electron chi connectivity index (χ3n) is 5.57. The summed E-state index contributed by atoms with van der Waals surface area (Å²) in [5.74, 6) is -2.82. The highest BCUT2D eigenvalue weighted by Gasteiger charge is 2.34. The molecule has 1 amide bonds. The van der Waals surface area contributed by atoms with Crippen LogP contribution in [0, 0.1) is 17.6 Å². The van der Waals surface area contributed by atoms with Gasteiger partial charge in [0.1, 0.15) is 22.3 Å². The van der Waals surface area contributed by atoms with Gasteiger partial charge in [-0.05, 0) is 43.5 Å². The van der Waals surface area contributed by atoms with E-state index in [9.17, 15) is 30.8 Å². The van der Waals surface area contributed by atoms with Gasteiger partial charge in [0.25, 0.3) is 0 Å². The number of nitrogens with one attached hydrogen (secondary N) is 1. The lowest BCUT2D eigenvalue weighted by atomic mass is 9.95. The van der Waals surface area contributed by atoms with E-state index in [0.29, 0.717) is 18.1 Å². The van der Waals surface area contributed by atoms with Crippen LogP contribution in [-0.4, -0.2) is 38.3 Å². The average Bonchev–Trinajstić information content (AvgIpc) is 2.79. The number of carbonyl (C=O) groups is 1. The van der Waals surface area contributed by atoms with Crippen LogP contribution >= 0.6 is 0 Å². The molecule has 0 spiro atoms. The summed E-state index contributed by atoms with van der Waals surface area (Å²) in [6.45, 7) is -1.31. The van der Waals surface area contributed by atoms with Crippen molar-refractivity contribution in [2.45, 2.75) is 43.7 Å². The van der Waals surface area contributed by atoms with Gasteiger partial charge >= 0.3 is 6.61 Å². The summed E-state index contributed by atoms with van der Waals surface area (Å²) in [6, 6.07) is 7.83. The predicted octanol–water partition coefficient (Wildman–Crippen LogP) is 4.23. The van der Waals surface area contributed by atoms with E-state index in [1.807, 2.05) is 0 Å². The summed E-state index contributed by atoms with van der Waals surface area (Å²) in [5, 5.41) is 2.83. The molecule has 0 bridgehead atoms. The van der Waals surface area contributed by atoms with Crippen molar-refractivity contribution in [2.75, 3.05) is 13.1 Å². The first kappa shape index (κ1) is 25.0. The molecular formula is C22H24F4N2O4S. The number of hydrogen-bond donors (Lipinski definition) is 1. The highest BCUT2D eigenvalue weighted by Crippen LogP contribution is 2.30. The Balaban J connectivity index is 1.66. The first-order valence-electron chi connectivity index (χ1n) is 10.4. The number of alkyl halides is 2. The maximum absolute atomic E-state index is 14.0. The van der Waals surface area contributed by atoms with Crippen molar-refractivity contribution >= 4 is 15.9 Å². The molecule has 0 aliphatic carbocycles. The number of nitrogens with zero attached hydrogens (tertiary/aromatic N) is 1. The van der Waals surface area contributed by atoms with Crippen molar-refractivity contribution in [2.24, 2.45) is 5.92 Å². The summed E-state index contributed by atoms with van der Waals surface area (Å²) < 4.78 is 83.9. The van der Waals surface area contributed by atoms with E-state index in [2.05, 4.69) is 10.1 Å².